The maximum Gasteiger partial charge on any atom is 0.131 e. The van der Waals surface area contributed by atoms with E-state index in [1.807, 2.05) is 18.2 Å². The standard InChI is InChI=1S/C22H17BrFNO3/c23-21-12-15(7-9-25-21)27-18-6-4-17(24)22-16(18)3-5-19(22)28-14-2-1-13-8-10-26-20(13)11-14/h1-2,4,6-7,9,11-12,19H,3,5,8,10H2/t19-/m1/s1. The molecule has 3 aromatic rings. The van der Waals surface area contributed by atoms with Crippen LogP contribution < -0.4 is 14.2 Å². The molecule has 1 aliphatic heterocycles. The molecule has 1 atom stereocenters. The Bertz CT molecular complexity index is 1060. The first-order chi connectivity index (χ1) is 13.7. The van der Waals surface area contributed by atoms with E-state index in [2.05, 4.69) is 20.9 Å². The quantitative estimate of drug-likeness (QED) is 0.481. The first-order valence-corrected chi connectivity index (χ1v) is 10.00. The van der Waals surface area contributed by atoms with Crippen LogP contribution in [0.3, 0.4) is 0 Å². The van der Waals surface area contributed by atoms with Gasteiger partial charge in [0.1, 0.15) is 39.5 Å². The maximum absolute atomic E-state index is 14.7. The molecule has 1 aromatic heterocycles. The topological polar surface area (TPSA) is 40.6 Å². The van der Waals surface area contributed by atoms with Gasteiger partial charge in [-0.1, -0.05) is 6.07 Å². The molecule has 5 rings (SSSR count). The van der Waals surface area contributed by atoms with Crippen molar-refractivity contribution in [1.82, 2.24) is 4.98 Å². The highest BCUT2D eigenvalue weighted by atomic mass is 79.9. The average Bonchev–Trinajstić information content (AvgIpc) is 3.31. The van der Waals surface area contributed by atoms with Gasteiger partial charge in [-0.25, -0.2) is 9.37 Å². The fraction of sp³-hybridized carbons (Fsp3) is 0.227. The third kappa shape index (κ3) is 3.22. The van der Waals surface area contributed by atoms with Crippen molar-refractivity contribution in [1.29, 1.82) is 0 Å². The number of ether oxygens (including phenoxy) is 3. The molecule has 0 N–H and O–H groups in total. The molecule has 0 bridgehead atoms. The van der Waals surface area contributed by atoms with E-state index in [-0.39, 0.29) is 11.9 Å². The first kappa shape index (κ1) is 17.5. The fourth-order valence-electron chi connectivity index (χ4n) is 3.81. The number of benzene rings is 2. The van der Waals surface area contributed by atoms with Crippen LogP contribution in [0.5, 0.6) is 23.0 Å². The molecule has 142 valence electrons. The Balaban J connectivity index is 1.43. The van der Waals surface area contributed by atoms with Gasteiger partial charge in [-0.05, 0) is 58.6 Å². The number of hydrogen-bond donors (Lipinski definition) is 0. The molecule has 2 heterocycles. The summed E-state index contributed by atoms with van der Waals surface area (Å²) < 4.78 is 33.1. The minimum absolute atomic E-state index is 0.266. The van der Waals surface area contributed by atoms with Crippen molar-refractivity contribution in [3.63, 3.8) is 0 Å². The molecule has 0 saturated carbocycles. The van der Waals surface area contributed by atoms with Crippen molar-refractivity contribution < 1.29 is 18.6 Å². The number of rotatable bonds is 4. The summed E-state index contributed by atoms with van der Waals surface area (Å²) in [5.41, 5.74) is 2.62. The number of nitrogens with zero attached hydrogens (tertiary/aromatic N) is 1. The Kier molecular flexibility index (Phi) is 4.43. The summed E-state index contributed by atoms with van der Waals surface area (Å²) in [6, 6.07) is 12.5. The molecule has 2 aromatic carbocycles. The highest BCUT2D eigenvalue weighted by Crippen LogP contribution is 2.43. The van der Waals surface area contributed by atoms with Gasteiger partial charge in [-0.15, -0.1) is 0 Å². The molecule has 6 heteroatoms. The summed E-state index contributed by atoms with van der Waals surface area (Å²) in [5.74, 6) is 2.59. The van der Waals surface area contributed by atoms with Gasteiger partial charge in [0.2, 0.25) is 0 Å². The van der Waals surface area contributed by atoms with E-state index in [9.17, 15) is 4.39 Å². The zero-order valence-electron chi connectivity index (χ0n) is 15.0. The molecule has 28 heavy (non-hydrogen) atoms. The second kappa shape index (κ2) is 7.09. The van der Waals surface area contributed by atoms with E-state index in [1.165, 1.54) is 11.6 Å². The van der Waals surface area contributed by atoms with Gasteiger partial charge in [-0.3, -0.25) is 0 Å². The Hall–Kier alpha value is -2.60. The number of fused-ring (bicyclic) bond motifs is 2. The second-order valence-corrected chi connectivity index (χ2v) is 7.68. The van der Waals surface area contributed by atoms with Crippen LogP contribution in [0.25, 0.3) is 0 Å². The van der Waals surface area contributed by atoms with Crippen LogP contribution in [-0.4, -0.2) is 11.6 Å². The van der Waals surface area contributed by atoms with Gasteiger partial charge < -0.3 is 14.2 Å². The van der Waals surface area contributed by atoms with Crippen molar-refractivity contribution in [2.75, 3.05) is 6.61 Å². The van der Waals surface area contributed by atoms with Crippen LogP contribution in [0.2, 0.25) is 0 Å². The molecule has 0 spiro atoms. The monoisotopic (exact) mass is 441 g/mol. The van der Waals surface area contributed by atoms with Crippen LogP contribution in [-0.2, 0) is 12.8 Å². The molecule has 0 saturated heterocycles. The Labute approximate surface area is 170 Å². The summed E-state index contributed by atoms with van der Waals surface area (Å²) in [6.07, 6.45) is 3.63. The Morgan fingerprint density at radius 3 is 2.89 bits per heavy atom. The zero-order chi connectivity index (χ0) is 19.1. The molecular weight excluding hydrogens is 425 g/mol. The van der Waals surface area contributed by atoms with Gasteiger partial charge in [-0.2, -0.15) is 0 Å². The lowest BCUT2D eigenvalue weighted by Gasteiger charge is -2.17. The Morgan fingerprint density at radius 1 is 1.07 bits per heavy atom. The molecule has 0 amide bonds. The molecule has 0 radical (unpaired) electrons. The molecule has 0 fully saturated rings. The average molecular weight is 442 g/mol. The lowest BCUT2D eigenvalue weighted by atomic mass is 10.1. The van der Waals surface area contributed by atoms with Gasteiger partial charge in [0.25, 0.3) is 0 Å². The number of pyridine rings is 1. The van der Waals surface area contributed by atoms with Crippen LogP contribution in [0.4, 0.5) is 4.39 Å². The van der Waals surface area contributed by atoms with Gasteiger partial charge >= 0.3 is 0 Å². The smallest absolute Gasteiger partial charge is 0.131 e. The van der Waals surface area contributed by atoms with Crippen LogP contribution >= 0.6 is 15.9 Å². The highest BCUT2D eigenvalue weighted by molar-refractivity contribution is 9.10. The number of hydrogen-bond acceptors (Lipinski definition) is 4. The highest BCUT2D eigenvalue weighted by Gasteiger charge is 2.31. The third-order valence-electron chi connectivity index (χ3n) is 5.11. The predicted octanol–water partition coefficient (Wildman–Crippen LogP) is 5.78. The van der Waals surface area contributed by atoms with E-state index < -0.39 is 0 Å². The van der Waals surface area contributed by atoms with Gasteiger partial charge in [0, 0.05) is 35.9 Å². The summed E-state index contributed by atoms with van der Waals surface area (Å²) in [5, 5.41) is 0. The molecule has 4 nitrogen and oxygen atoms in total. The molecular formula is C22H17BrFNO3. The van der Waals surface area contributed by atoms with Crippen molar-refractivity contribution in [3.8, 4) is 23.0 Å². The van der Waals surface area contributed by atoms with Gasteiger partial charge in [0.15, 0.2) is 0 Å². The zero-order valence-corrected chi connectivity index (χ0v) is 16.5. The minimum atomic E-state index is -0.345. The van der Waals surface area contributed by atoms with Crippen LogP contribution in [0.15, 0.2) is 53.3 Å². The lowest BCUT2D eigenvalue weighted by molar-refractivity contribution is 0.202. The van der Waals surface area contributed by atoms with Crippen molar-refractivity contribution in [3.05, 3.63) is 75.8 Å². The maximum atomic E-state index is 14.7. The molecule has 1 aliphatic carbocycles. The predicted molar refractivity (Wildman–Crippen MR) is 106 cm³/mol. The summed E-state index contributed by atoms with van der Waals surface area (Å²) in [7, 11) is 0. The van der Waals surface area contributed by atoms with E-state index in [0.717, 1.165) is 17.7 Å². The van der Waals surface area contributed by atoms with E-state index in [0.29, 0.717) is 46.9 Å². The number of aromatic nitrogens is 1. The summed E-state index contributed by atoms with van der Waals surface area (Å²) >= 11 is 3.34. The normalized spacial score (nSPS) is 17.0. The van der Waals surface area contributed by atoms with E-state index in [1.54, 1.807) is 24.4 Å². The second-order valence-electron chi connectivity index (χ2n) is 6.87. The van der Waals surface area contributed by atoms with E-state index in [4.69, 9.17) is 14.2 Å². The molecule has 2 aliphatic rings. The van der Waals surface area contributed by atoms with E-state index >= 15 is 0 Å². The largest absolute Gasteiger partial charge is 0.493 e. The van der Waals surface area contributed by atoms with Gasteiger partial charge in [0.05, 0.1) is 6.61 Å². The van der Waals surface area contributed by atoms with Crippen LogP contribution in [0, 0.1) is 5.82 Å². The summed E-state index contributed by atoms with van der Waals surface area (Å²) in [4.78, 5) is 4.10. The van der Waals surface area contributed by atoms with Crippen molar-refractivity contribution in [2.45, 2.75) is 25.4 Å². The minimum Gasteiger partial charge on any atom is -0.493 e. The fourth-order valence-corrected chi connectivity index (χ4v) is 4.16. The number of halogens is 2. The van der Waals surface area contributed by atoms with Crippen LogP contribution in [0.1, 0.15) is 29.2 Å². The van der Waals surface area contributed by atoms with Crippen molar-refractivity contribution >= 4 is 15.9 Å². The third-order valence-corrected chi connectivity index (χ3v) is 5.54. The Morgan fingerprint density at radius 2 is 2.00 bits per heavy atom. The van der Waals surface area contributed by atoms with Crippen molar-refractivity contribution in [2.24, 2.45) is 0 Å². The summed E-state index contributed by atoms with van der Waals surface area (Å²) in [6.45, 7) is 0.700. The molecule has 0 unspecified atom stereocenters. The first-order valence-electron chi connectivity index (χ1n) is 9.20. The lowest BCUT2D eigenvalue weighted by Crippen LogP contribution is -2.06. The SMILES string of the molecule is Fc1ccc(Oc2ccnc(Br)c2)c2c1[C@H](Oc1ccc3c(c1)OCC3)CC2.